The molecule has 1 aromatic heterocycles. The average Bonchev–Trinajstić information content (AvgIpc) is 3.14. The van der Waals surface area contributed by atoms with E-state index in [1.54, 1.807) is 4.90 Å². The minimum Gasteiger partial charge on any atom is -0.479 e. The third-order valence-corrected chi connectivity index (χ3v) is 5.91. The Kier molecular flexibility index (Phi) is 9.08. The number of carbonyl (C=O) groups is 2. The molecule has 1 aromatic carbocycles. The van der Waals surface area contributed by atoms with Crippen LogP contribution in [0.3, 0.4) is 0 Å². The molecular weight excluding hydrogens is 484 g/mol. The van der Waals surface area contributed by atoms with E-state index in [4.69, 9.17) is 21.1 Å². The predicted octanol–water partition coefficient (Wildman–Crippen LogP) is 4.28. The number of amides is 2. The van der Waals surface area contributed by atoms with Crippen LogP contribution in [-0.4, -0.2) is 65.4 Å². The van der Waals surface area contributed by atoms with Crippen LogP contribution in [0.15, 0.2) is 30.3 Å². The van der Waals surface area contributed by atoms with Gasteiger partial charge in [0.2, 0.25) is 0 Å². The summed E-state index contributed by atoms with van der Waals surface area (Å²) in [6, 6.07) is 9.55. The number of anilines is 1. The van der Waals surface area contributed by atoms with Gasteiger partial charge < -0.3 is 24.6 Å². The molecule has 2 heterocycles. The van der Waals surface area contributed by atoms with E-state index in [2.05, 4.69) is 29.6 Å². The number of halogens is 1. The van der Waals surface area contributed by atoms with Gasteiger partial charge in [-0.3, -0.25) is 5.32 Å². The number of rotatable bonds is 10. The van der Waals surface area contributed by atoms with Crippen LogP contribution in [-0.2, 0) is 11.3 Å². The monoisotopic (exact) mass is 520 g/mol. The maximum atomic E-state index is 13.3. The fourth-order valence-electron chi connectivity index (χ4n) is 4.02. The first-order chi connectivity index (χ1) is 17.0. The fourth-order valence-corrected chi connectivity index (χ4v) is 4.32. The van der Waals surface area contributed by atoms with Gasteiger partial charge in [0.05, 0.1) is 19.9 Å². The summed E-state index contributed by atoms with van der Waals surface area (Å²) in [5.41, 5.74) is 0.479. The van der Waals surface area contributed by atoms with Crippen molar-refractivity contribution in [1.29, 1.82) is 0 Å². The third-order valence-electron chi connectivity index (χ3n) is 5.57. The highest BCUT2D eigenvalue weighted by Crippen LogP contribution is 2.38. The van der Waals surface area contributed by atoms with Crippen LogP contribution in [0.25, 0.3) is 0 Å². The first kappa shape index (κ1) is 27.6. The number of nitrogens with one attached hydrogen (secondary N) is 2. The van der Waals surface area contributed by atoms with E-state index in [0.717, 1.165) is 5.56 Å². The molecule has 10 nitrogen and oxygen atoms in total. The number of methoxy groups -OCH3 is 1. The molecule has 0 fully saturated rings. The van der Waals surface area contributed by atoms with Crippen molar-refractivity contribution in [2.75, 3.05) is 31.8 Å². The molecule has 1 atom stereocenters. The average molecular weight is 521 g/mol. The molecule has 2 N–H and O–H groups in total. The molecule has 36 heavy (non-hydrogen) atoms. The topological polar surface area (TPSA) is 101 Å². The van der Waals surface area contributed by atoms with E-state index in [1.165, 1.54) is 11.8 Å². The van der Waals surface area contributed by atoms with E-state index in [0.29, 0.717) is 43.6 Å². The predicted molar refractivity (Wildman–Crippen MR) is 139 cm³/mol. The smallest absolute Gasteiger partial charge is 0.407 e. The van der Waals surface area contributed by atoms with Crippen molar-refractivity contribution in [3.8, 4) is 5.88 Å². The lowest BCUT2D eigenvalue weighted by Gasteiger charge is -2.43. The van der Waals surface area contributed by atoms with Crippen molar-refractivity contribution in [3.63, 3.8) is 0 Å². The Morgan fingerprint density at radius 3 is 2.50 bits per heavy atom. The van der Waals surface area contributed by atoms with Gasteiger partial charge in [0.1, 0.15) is 10.6 Å². The van der Waals surface area contributed by atoms with Gasteiger partial charge in [0.15, 0.2) is 5.82 Å². The molecule has 1 aliphatic heterocycles. The number of fused-ring (bicyclic) bond motifs is 1. The van der Waals surface area contributed by atoms with Gasteiger partial charge in [0, 0.05) is 13.1 Å². The van der Waals surface area contributed by atoms with Crippen LogP contribution >= 0.6 is 11.6 Å². The maximum Gasteiger partial charge on any atom is 0.407 e. The van der Waals surface area contributed by atoms with Crippen molar-refractivity contribution in [3.05, 3.63) is 40.9 Å². The number of benzene rings is 1. The Morgan fingerprint density at radius 2 is 1.89 bits per heavy atom. The highest BCUT2D eigenvalue weighted by atomic mass is 35.5. The van der Waals surface area contributed by atoms with Gasteiger partial charge in [-0.2, -0.15) is 4.68 Å². The molecular formula is C25H37ClN6O4. The molecule has 0 radical (unpaired) electrons. The van der Waals surface area contributed by atoms with Crippen molar-refractivity contribution in [1.82, 2.24) is 25.3 Å². The largest absolute Gasteiger partial charge is 0.479 e. The third kappa shape index (κ3) is 6.82. The van der Waals surface area contributed by atoms with E-state index in [9.17, 15) is 9.59 Å². The Morgan fingerprint density at radius 1 is 1.19 bits per heavy atom. The van der Waals surface area contributed by atoms with Crippen LogP contribution in [0.4, 0.5) is 15.4 Å². The van der Waals surface area contributed by atoms with E-state index in [-0.39, 0.29) is 24.0 Å². The number of alkyl carbamates (subject to hydrolysis) is 1. The quantitative estimate of drug-likeness (QED) is 0.451. The zero-order chi connectivity index (χ0) is 26.5. The Labute approximate surface area is 217 Å². The van der Waals surface area contributed by atoms with E-state index in [1.807, 2.05) is 56.0 Å². The minimum atomic E-state index is -0.536. The normalized spacial score (nSPS) is 14.6. The zero-order valence-electron chi connectivity index (χ0n) is 21.9. The van der Waals surface area contributed by atoms with Crippen LogP contribution in [0, 0.1) is 5.92 Å². The fraction of sp³-hybridized carbons (Fsp3) is 0.560. The second-order valence-corrected chi connectivity index (χ2v) is 10.4. The highest BCUT2D eigenvalue weighted by molar-refractivity contribution is 6.34. The summed E-state index contributed by atoms with van der Waals surface area (Å²) in [4.78, 5) is 29.0. The summed E-state index contributed by atoms with van der Waals surface area (Å²) < 4.78 is 11.9. The van der Waals surface area contributed by atoms with Crippen LogP contribution in [0.2, 0.25) is 5.02 Å². The summed E-state index contributed by atoms with van der Waals surface area (Å²) in [5.74, 6) is 0.873. The summed E-state index contributed by atoms with van der Waals surface area (Å²) in [7, 11) is 1.48. The number of aromatic nitrogens is 2. The van der Waals surface area contributed by atoms with Crippen LogP contribution in [0.1, 0.15) is 46.6 Å². The minimum absolute atomic E-state index is 0.157. The van der Waals surface area contributed by atoms with Gasteiger partial charge in [0.25, 0.3) is 5.88 Å². The van der Waals surface area contributed by atoms with Gasteiger partial charge in [-0.05, 0) is 45.2 Å². The van der Waals surface area contributed by atoms with E-state index < -0.39 is 11.7 Å². The lowest BCUT2D eigenvalue weighted by atomic mass is 10.1. The number of nitrogens with zero attached hydrogens (tertiary/aromatic N) is 4. The summed E-state index contributed by atoms with van der Waals surface area (Å²) in [5, 5.41) is 11.0. The molecule has 0 aliphatic carbocycles. The van der Waals surface area contributed by atoms with Crippen molar-refractivity contribution in [2.24, 2.45) is 5.92 Å². The molecule has 0 bridgehead atoms. The Hall–Kier alpha value is -2.98. The molecule has 0 spiro atoms. The second-order valence-electron chi connectivity index (χ2n) is 10.1. The van der Waals surface area contributed by atoms with Gasteiger partial charge >= 0.3 is 12.1 Å². The number of hydrogen-bond donors (Lipinski definition) is 2. The molecule has 3 rings (SSSR count). The van der Waals surface area contributed by atoms with E-state index >= 15 is 0 Å². The molecule has 2 amide bonds. The highest BCUT2D eigenvalue weighted by Gasteiger charge is 2.38. The first-order valence-corrected chi connectivity index (χ1v) is 12.5. The first-order valence-electron chi connectivity index (χ1n) is 12.1. The van der Waals surface area contributed by atoms with Crippen molar-refractivity contribution < 1.29 is 19.1 Å². The zero-order valence-corrected chi connectivity index (χ0v) is 22.6. The molecule has 11 heteroatoms. The lowest BCUT2D eigenvalue weighted by molar-refractivity contribution is 0.0527. The molecule has 198 valence electrons. The van der Waals surface area contributed by atoms with Gasteiger partial charge in [-0.15, -0.1) is 5.10 Å². The lowest BCUT2D eigenvalue weighted by Crippen LogP contribution is -2.58. The molecule has 2 aromatic rings. The summed E-state index contributed by atoms with van der Waals surface area (Å²) in [6.45, 7) is 11.5. The molecule has 1 unspecified atom stereocenters. The number of ether oxygens (including phenoxy) is 2. The number of carbonyl (C=O) groups excluding carboxylic acids is 2. The van der Waals surface area contributed by atoms with Gasteiger partial charge in [-0.1, -0.05) is 55.8 Å². The molecule has 0 saturated heterocycles. The molecule has 1 aliphatic rings. The van der Waals surface area contributed by atoms with Crippen LogP contribution in [0.5, 0.6) is 5.88 Å². The molecule has 0 saturated carbocycles. The van der Waals surface area contributed by atoms with Crippen molar-refractivity contribution >= 4 is 29.5 Å². The van der Waals surface area contributed by atoms with Crippen LogP contribution < -0.4 is 20.3 Å². The van der Waals surface area contributed by atoms with Crippen molar-refractivity contribution in [2.45, 2.75) is 59.4 Å². The summed E-state index contributed by atoms with van der Waals surface area (Å²) in [6.07, 6.45) is 0.103. The Balaban J connectivity index is 1.75. The number of hydrogen-bond acceptors (Lipinski definition) is 7. The Bertz CT molecular complexity index is 1040. The SMILES string of the molecule is COc1nn2c(c1Cl)N(C(NCCCNC(=O)OC(C)(C)C)C(C)C)CN(Cc1ccccc1)C2=O. The second kappa shape index (κ2) is 11.8. The standard InChI is InChI=1S/C25H37ClN6O4/c1-17(2)20(27-13-10-14-28-23(33)36-25(3,4)5)31-16-30(15-18-11-8-7-9-12-18)24(34)32-22(31)19(26)21(29-32)35-6/h7-9,11-12,17,20,27H,10,13-16H2,1-6H3,(H,28,33). The van der Waals surface area contributed by atoms with Gasteiger partial charge in [-0.25, -0.2) is 9.59 Å². The summed E-state index contributed by atoms with van der Waals surface area (Å²) >= 11 is 6.62. The maximum absolute atomic E-state index is 13.3.